The maximum absolute atomic E-state index is 12.4. The lowest BCUT2D eigenvalue weighted by molar-refractivity contribution is 0.0459. The van der Waals surface area contributed by atoms with Crippen LogP contribution in [0.3, 0.4) is 0 Å². The highest BCUT2D eigenvalue weighted by Crippen LogP contribution is 2.31. The molecule has 2 N–H and O–H groups in total. The third-order valence-electron chi connectivity index (χ3n) is 4.29. The fourth-order valence-electron chi connectivity index (χ4n) is 3.00. The number of hydrogen-bond donors (Lipinski definition) is 2. The fraction of sp³-hybridized carbons (Fsp3) is 0.353. The van der Waals surface area contributed by atoms with E-state index in [1.807, 2.05) is 35.2 Å². The van der Waals surface area contributed by atoms with E-state index in [4.69, 9.17) is 0 Å². The van der Waals surface area contributed by atoms with Gasteiger partial charge in [0, 0.05) is 23.8 Å². The lowest BCUT2D eigenvalue weighted by Crippen LogP contribution is -2.39. The summed E-state index contributed by atoms with van der Waals surface area (Å²) in [6.45, 7) is 1.37. The second kappa shape index (κ2) is 6.67. The van der Waals surface area contributed by atoms with Gasteiger partial charge < -0.3 is 15.0 Å². The van der Waals surface area contributed by atoms with Gasteiger partial charge in [0.25, 0.3) is 5.91 Å². The van der Waals surface area contributed by atoms with E-state index >= 15 is 0 Å². The third-order valence-corrected chi connectivity index (χ3v) is 4.75. The van der Waals surface area contributed by atoms with Crippen molar-refractivity contribution in [2.75, 3.05) is 13.1 Å². The zero-order valence-electron chi connectivity index (χ0n) is 12.2. The third kappa shape index (κ3) is 3.25. The second-order valence-electron chi connectivity index (χ2n) is 5.72. The highest BCUT2D eigenvalue weighted by molar-refractivity contribution is 9.10. The standard InChI is InChI=1S/C17H19BrN2O2/c18-14-10-15(19-11-14)17(22)20-8-6-13(7-9-20)16(21)12-4-2-1-3-5-12/h1-5,10-11,13,16,19,21H,6-9H2/t16-/m0/s1. The molecule has 2 aromatic rings. The fourth-order valence-corrected chi connectivity index (χ4v) is 3.35. The average molecular weight is 363 g/mol. The maximum Gasteiger partial charge on any atom is 0.270 e. The molecule has 0 spiro atoms. The minimum Gasteiger partial charge on any atom is -0.388 e. The Morgan fingerprint density at radius 2 is 1.95 bits per heavy atom. The van der Waals surface area contributed by atoms with E-state index in [2.05, 4.69) is 20.9 Å². The molecule has 116 valence electrons. The first-order chi connectivity index (χ1) is 10.6. The zero-order valence-corrected chi connectivity index (χ0v) is 13.8. The SMILES string of the molecule is O=C(c1cc(Br)c[nH]1)N1CCC([C@@H](O)c2ccccc2)CC1. The molecule has 22 heavy (non-hydrogen) atoms. The molecule has 1 aliphatic heterocycles. The van der Waals surface area contributed by atoms with Gasteiger partial charge in [0.1, 0.15) is 5.69 Å². The molecule has 4 nitrogen and oxygen atoms in total. The summed E-state index contributed by atoms with van der Waals surface area (Å²) < 4.78 is 0.880. The molecule has 1 aromatic carbocycles. The number of carbonyl (C=O) groups is 1. The van der Waals surface area contributed by atoms with Gasteiger partial charge in [-0.1, -0.05) is 30.3 Å². The van der Waals surface area contributed by atoms with Gasteiger partial charge in [-0.25, -0.2) is 0 Å². The Balaban J connectivity index is 1.59. The van der Waals surface area contributed by atoms with Gasteiger partial charge in [-0.05, 0) is 46.3 Å². The molecule has 0 aliphatic carbocycles. The molecule has 1 atom stereocenters. The number of likely N-dealkylation sites (tertiary alicyclic amines) is 1. The normalized spacial score (nSPS) is 17.5. The summed E-state index contributed by atoms with van der Waals surface area (Å²) in [6.07, 6.45) is 2.96. The molecule has 1 amide bonds. The van der Waals surface area contributed by atoms with Crippen LogP contribution in [0.5, 0.6) is 0 Å². The highest BCUT2D eigenvalue weighted by Gasteiger charge is 2.28. The number of aliphatic hydroxyl groups excluding tert-OH is 1. The van der Waals surface area contributed by atoms with Crippen molar-refractivity contribution in [2.45, 2.75) is 18.9 Å². The van der Waals surface area contributed by atoms with Gasteiger partial charge in [-0.15, -0.1) is 0 Å². The van der Waals surface area contributed by atoms with Gasteiger partial charge in [0.2, 0.25) is 0 Å². The summed E-state index contributed by atoms with van der Waals surface area (Å²) in [6, 6.07) is 11.6. The summed E-state index contributed by atoms with van der Waals surface area (Å²) in [5, 5.41) is 10.5. The Morgan fingerprint density at radius 1 is 1.27 bits per heavy atom. The first-order valence-corrected chi connectivity index (χ1v) is 8.30. The van der Waals surface area contributed by atoms with E-state index in [0.717, 1.165) is 22.9 Å². The molecular weight excluding hydrogens is 344 g/mol. The van der Waals surface area contributed by atoms with Crippen LogP contribution in [0, 0.1) is 5.92 Å². The molecular formula is C17H19BrN2O2. The minimum atomic E-state index is -0.446. The number of aliphatic hydroxyl groups is 1. The van der Waals surface area contributed by atoms with Crippen LogP contribution in [-0.4, -0.2) is 34.0 Å². The van der Waals surface area contributed by atoms with Crippen LogP contribution in [-0.2, 0) is 0 Å². The Morgan fingerprint density at radius 3 is 2.55 bits per heavy atom. The van der Waals surface area contributed by atoms with Crippen LogP contribution in [0.4, 0.5) is 0 Å². The van der Waals surface area contributed by atoms with Crippen LogP contribution >= 0.6 is 15.9 Å². The van der Waals surface area contributed by atoms with Crippen molar-refractivity contribution in [1.29, 1.82) is 0 Å². The van der Waals surface area contributed by atoms with E-state index < -0.39 is 6.10 Å². The van der Waals surface area contributed by atoms with Crippen molar-refractivity contribution in [2.24, 2.45) is 5.92 Å². The van der Waals surface area contributed by atoms with E-state index in [0.29, 0.717) is 18.8 Å². The highest BCUT2D eigenvalue weighted by atomic mass is 79.9. The largest absolute Gasteiger partial charge is 0.388 e. The molecule has 1 saturated heterocycles. The summed E-state index contributed by atoms with van der Waals surface area (Å²) in [7, 11) is 0. The monoisotopic (exact) mass is 362 g/mol. The van der Waals surface area contributed by atoms with Gasteiger partial charge in [0.05, 0.1) is 6.10 Å². The van der Waals surface area contributed by atoms with E-state index in [1.54, 1.807) is 12.3 Å². The number of benzene rings is 1. The van der Waals surface area contributed by atoms with Crippen molar-refractivity contribution in [3.8, 4) is 0 Å². The Labute approximate surface area is 138 Å². The van der Waals surface area contributed by atoms with Crippen LogP contribution in [0.15, 0.2) is 47.1 Å². The van der Waals surface area contributed by atoms with Gasteiger partial charge in [-0.2, -0.15) is 0 Å². The number of nitrogens with one attached hydrogen (secondary N) is 1. The quantitative estimate of drug-likeness (QED) is 0.879. The molecule has 0 bridgehead atoms. The number of rotatable bonds is 3. The molecule has 1 fully saturated rings. The van der Waals surface area contributed by atoms with E-state index in [1.165, 1.54) is 0 Å². The smallest absolute Gasteiger partial charge is 0.270 e. The molecule has 5 heteroatoms. The van der Waals surface area contributed by atoms with Crippen LogP contribution in [0.1, 0.15) is 35.0 Å². The van der Waals surface area contributed by atoms with Gasteiger partial charge in [0.15, 0.2) is 0 Å². The van der Waals surface area contributed by atoms with Crippen molar-refractivity contribution < 1.29 is 9.90 Å². The number of amides is 1. The number of aromatic nitrogens is 1. The maximum atomic E-state index is 12.4. The van der Waals surface area contributed by atoms with Crippen LogP contribution in [0.2, 0.25) is 0 Å². The lowest BCUT2D eigenvalue weighted by Gasteiger charge is -2.34. The van der Waals surface area contributed by atoms with Gasteiger partial charge >= 0.3 is 0 Å². The summed E-state index contributed by atoms with van der Waals surface area (Å²) in [5.41, 5.74) is 1.56. The first kappa shape index (κ1) is 15.3. The Kier molecular flexibility index (Phi) is 4.64. The van der Waals surface area contributed by atoms with Crippen LogP contribution < -0.4 is 0 Å². The van der Waals surface area contributed by atoms with Gasteiger partial charge in [-0.3, -0.25) is 4.79 Å². The number of piperidine rings is 1. The molecule has 1 aromatic heterocycles. The number of nitrogens with zero attached hydrogens (tertiary/aromatic N) is 1. The van der Waals surface area contributed by atoms with E-state index in [9.17, 15) is 9.90 Å². The molecule has 3 rings (SSSR count). The number of hydrogen-bond acceptors (Lipinski definition) is 2. The first-order valence-electron chi connectivity index (χ1n) is 7.51. The molecule has 2 heterocycles. The number of aromatic amines is 1. The lowest BCUT2D eigenvalue weighted by atomic mass is 9.87. The van der Waals surface area contributed by atoms with Crippen molar-refractivity contribution in [3.63, 3.8) is 0 Å². The molecule has 0 saturated carbocycles. The van der Waals surface area contributed by atoms with Crippen molar-refractivity contribution >= 4 is 21.8 Å². The molecule has 1 aliphatic rings. The van der Waals surface area contributed by atoms with Crippen molar-refractivity contribution in [1.82, 2.24) is 9.88 Å². The Bertz CT molecular complexity index is 633. The molecule has 0 unspecified atom stereocenters. The summed E-state index contributed by atoms with van der Waals surface area (Å²) in [4.78, 5) is 17.2. The second-order valence-corrected chi connectivity index (χ2v) is 6.63. The van der Waals surface area contributed by atoms with Crippen LogP contribution in [0.25, 0.3) is 0 Å². The zero-order chi connectivity index (χ0) is 15.5. The Hall–Kier alpha value is -1.59. The minimum absolute atomic E-state index is 0.0263. The number of H-pyrrole nitrogens is 1. The number of halogens is 1. The summed E-state index contributed by atoms with van der Waals surface area (Å²) >= 11 is 3.34. The molecule has 0 radical (unpaired) electrons. The topological polar surface area (TPSA) is 56.3 Å². The van der Waals surface area contributed by atoms with E-state index in [-0.39, 0.29) is 11.8 Å². The summed E-state index contributed by atoms with van der Waals surface area (Å²) in [5.74, 6) is 0.236. The predicted octanol–water partition coefficient (Wildman–Crippen LogP) is 3.36. The average Bonchev–Trinajstić information content (AvgIpc) is 3.01. The predicted molar refractivity (Wildman–Crippen MR) is 88.5 cm³/mol. The number of carbonyl (C=O) groups excluding carboxylic acids is 1. The van der Waals surface area contributed by atoms with Crippen molar-refractivity contribution in [3.05, 3.63) is 58.3 Å².